The Morgan fingerprint density at radius 3 is 2.35 bits per heavy atom. The van der Waals surface area contributed by atoms with Crippen molar-refractivity contribution < 1.29 is 0 Å². The smallest absolute Gasteiger partial charge is 0.0484 e. The molecule has 0 spiro atoms. The lowest BCUT2D eigenvalue weighted by atomic mass is 9.70. The van der Waals surface area contributed by atoms with Gasteiger partial charge in [0.05, 0.1) is 0 Å². The molecule has 2 nitrogen and oxygen atoms in total. The van der Waals surface area contributed by atoms with Crippen molar-refractivity contribution in [3.8, 4) is 0 Å². The Hall–Kier alpha value is -0.860. The van der Waals surface area contributed by atoms with Gasteiger partial charge in [-0.2, -0.15) is 0 Å². The molecule has 0 heterocycles. The molecule has 1 fully saturated rings. The van der Waals surface area contributed by atoms with Crippen molar-refractivity contribution in [1.29, 1.82) is 0 Å². The summed E-state index contributed by atoms with van der Waals surface area (Å²) in [7, 11) is 4.39. The molecule has 20 heavy (non-hydrogen) atoms. The highest BCUT2D eigenvalue weighted by molar-refractivity contribution is 5.37. The topological polar surface area (TPSA) is 29.3 Å². The summed E-state index contributed by atoms with van der Waals surface area (Å²) in [5.41, 5.74) is 10.9. The van der Waals surface area contributed by atoms with Crippen molar-refractivity contribution in [3.05, 3.63) is 34.9 Å². The lowest BCUT2D eigenvalue weighted by Gasteiger charge is -2.49. The van der Waals surface area contributed by atoms with E-state index in [0.717, 1.165) is 5.92 Å². The van der Waals surface area contributed by atoms with Crippen molar-refractivity contribution in [2.24, 2.45) is 11.7 Å². The second kappa shape index (κ2) is 5.87. The Bertz CT molecular complexity index is 456. The molecule has 0 aromatic heterocycles. The summed E-state index contributed by atoms with van der Waals surface area (Å²) in [5, 5.41) is 0. The lowest BCUT2D eigenvalue weighted by molar-refractivity contribution is 0.0562. The van der Waals surface area contributed by atoms with E-state index in [1.54, 1.807) is 0 Å². The van der Waals surface area contributed by atoms with Crippen LogP contribution in [0.3, 0.4) is 0 Å². The van der Waals surface area contributed by atoms with Crippen LogP contribution in [-0.2, 0) is 0 Å². The number of aryl methyl sites for hydroxylation is 1. The Balaban J connectivity index is 2.37. The third-order valence-electron chi connectivity index (χ3n) is 5.59. The van der Waals surface area contributed by atoms with Gasteiger partial charge in [-0.15, -0.1) is 0 Å². The molecule has 2 heteroatoms. The van der Waals surface area contributed by atoms with Gasteiger partial charge in [-0.05, 0) is 76.2 Å². The maximum atomic E-state index is 6.78. The molecular formula is C18H30N2. The molecule has 0 bridgehead atoms. The molecule has 1 atom stereocenters. The van der Waals surface area contributed by atoms with Crippen LogP contribution in [0.15, 0.2) is 18.2 Å². The monoisotopic (exact) mass is 274 g/mol. The molecule has 1 aliphatic carbocycles. The van der Waals surface area contributed by atoms with Crippen LogP contribution < -0.4 is 5.73 Å². The summed E-state index contributed by atoms with van der Waals surface area (Å²) >= 11 is 0. The molecule has 0 amide bonds. The quantitative estimate of drug-likeness (QED) is 0.908. The van der Waals surface area contributed by atoms with Crippen molar-refractivity contribution in [3.63, 3.8) is 0 Å². The minimum Gasteiger partial charge on any atom is -0.322 e. The summed E-state index contributed by atoms with van der Waals surface area (Å²) in [6, 6.07) is 6.64. The third-order valence-corrected chi connectivity index (χ3v) is 5.59. The second-order valence-electron chi connectivity index (χ2n) is 6.95. The van der Waals surface area contributed by atoms with Gasteiger partial charge in [0.15, 0.2) is 0 Å². The molecule has 2 rings (SSSR count). The fourth-order valence-electron chi connectivity index (χ4n) is 3.70. The summed E-state index contributed by atoms with van der Waals surface area (Å²) in [5.74, 6) is 0.842. The Kier molecular flexibility index (Phi) is 4.55. The minimum absolute atomic E-state index is 0.102. The molecule has 0 saturated heterocycles. The molecule has 1 unspecified atom stereocenters. The first kappa shape index (κ1) is 15.5. The standard InChI is InChI=1S/C18H30N2/c1-13-9-11-18(12-10-13,20(4)5)17(19)16-8-6-7-14(2)15(16)3/h6-8,13,17H,9-12,19H2,1-5H3. The summed E-state index contributed by atoms with van der Waals surface area (Å²) in [4.78, 5) is 2.38. The van der Waals surface area contributed by atoms with E-state index in [4.69, 9.17) is 5.73 Å². The van der Waals surface area contributed by atoms with E-state index >= 15 is 0 Å². The van der Waals surface area contributed by atoms with Crippen molar-refractivity contribution in [2.75, 3.05) is 14.1 Å². The van der Waals surface area contributed by atoms with Gasteiger partial charge in [-0.25, -0.2) is 0 Å². The van der Waals surface area contributed by atoms with Crippen LogP contribution in [0, 0.1) is 19.8 Å². The van der Waals surface area contributed by atoms with Crippen LogP contribution in [0.2, 0.25) is 0 Å². The highest BCUT2D eigenvalue weighted by Crippen LogP contribution is 2.43. The van der Waals surface area contributed by atoms with E-state index in [1.807, 2.05) is 0 Å². The van der Waals surface area contributed by atoms with E-state index in [0.29, 0.717) is 0 Å². The predicted octanol–water partition coefficient (Wildman–Crippen LogP) is 3.81. The molecule has 112 valence electrons. The first-order valence-electron chi connectivity index (χ1n) is 7.87. The highest BCUT2D eigenvalue weighted by Gasteiger charge is 2.42. The fraction of sp³-hybridized carbons (Fsp3) is 0.667. The van der Waals surface area contributed by atoms with E-state index in [-0.39, 0.29) is 11.6 Å². The number of likely N-dealkylation sites (N-methyl/N-ethyl adjacent to an activating group) is 1. The van der Waals surface area contributed by atoms with Crippen LogP contribution in [-0.4, -0.2) is 24.5 Å². The number of nitrogens with zero attached hydrogens (tertiary/aromatic N) is 1. The molecule has 1 aromatic rings. The van der Waals surface area contributed by atoms with Gasteiger partial charge in [0, 0.05) is 11.6 Å². The number of hydrogen-bond acceptors (Lipinski definition) is 2. The van der Waals surface area contributed by atoms with Crippen LogP contribution in [0.25, 0.3) is 0 Å². The average molecular weight is 274 g/mol. The zero-order valence-corrected chi connectivity index (χ0v) is 13.7. The number of rotatable bonds is 3. The first-order valence-corrected chi connectivity index (χ1v) is 7.87. The Morgan fingerprint density at radius 2 is 1.80 bits per heavy atom. The van der Waals surface area contributed by atoms with Gasteiger partial charge in [-0.1, -0.05) is 25.1 Å². The van der Waals surface area contributed by atoms with Gasteiger partial charge in [-0.3, -0.25) is 0 Å². The van der Waals surface area contributed by atoms with Crippen molar-refractivity contribution in [1.82, 2.24) is 4.90 Å². The van der Waals surface area contributed by atoms with E-state index in [1.165, 1.54) is 42.4 Å². The highest BCUT2D eigenvalue weighted by atomic mass is 15.2. The molecule has 1 saturated carbocycles. The van der Waals surface area contributed by atoms with Crippen LogP contribution >= 0.6 is 0 Å². The molecule has 1 aromatic carbocycles. The van der Waals surface area contributed by atoms with Gasteiger partial charge in [0.2, 0.25) is 0 Å². The van der Waals surface area contributed by atoms with E-state index in [2.05, 4.69) is 58.0 Å². The fourth-order valence-corrected chi connectivity index (χ4v) is 3.70. The number of benzene rings is 1. The van der Waals surface area contributed by atoms with Gasteiger partial charge in [0.1, 0.15) is 0 Å². The van der Waals surface area contributed by atoms with Crippen LogP contribution in [0.1, 0.15) is 55.3 Å². The Labute approximate surface area is 124 Å². The molecule has 0 radical (unpaired) electrons. The van der Waals surface area contributed by atoms with Gasteiger partial charge in [0.25, 0.3) is 0 Å². The maximum absolute atomic E-state index is 6.78. The summed E-state index contributed by atoms with van der Waals surface area (Å²) in [6.45, 7) is 6.75. The maximum Gasteiger partial charge on any atom is 0.0484 e. The van der Waals surface area contributed by atoms with Crippen LogP contribution in [0.5, 0.6) is 0 Å². The normalized spacial score (nSPS) is 28.6. The predicted molar refractivity (Wildman–Crippen MR) is 86.9 cm³/mol. The number of hydrogen-bond donors (Lipinski definition) is 1. The van der Waals surface area contributed by atoms with Gasteiger partial charge < -0.3 is 10.6 Å². The zero-order valence-electron chi connectivity index (χ0n) is 13.7. The lowest BCUT2D eigenvalue weighted by Crippen LogP contribution is -2.54. The van der Waals surface area contributed by atoms with E-state index in [9.17, 15) is 0 Å². The second-order valence-corrected chi connectivity index (χ2v) is 6.95. The summed E-state index contributed by atoms with van der Waals surface area (Å²) in [6.07, 6.45) is 4.99. The average Bonchev–Trinajstić information content (AvgIpc) is 2.42. The van der Waals surface area contributed by atoms with Crippen molar-refractivity contribution >= 4 is 0 Å². The minimum atomic E-state index is 0.102. The largest absolute Gasteiger partial charge is 0.322 e. The number of nitrogens with two attached hydrogens (primary N) is 1. The Morgan fingerprint density at radius 1 is 1.20 bits per heavy atom. The molecule has 0 aliphatic heterocycles. The van der Waals surface area contributed by atoms with Gasteiger partial charge >= 0.3 is 0 Å². The van der Waals surface area contributed by atoms with Crippen molar-refractivity contribution in [2.45, 2.75) is 58.0 Å². The molecule has 2 N–H and O–H groups in total. The summed E-state index contributed by atoms with van der Waals surface area (Å²) < 4.78 is 0. The molecule has 1 aliphatic rings. The van der Waals surface area contributed by atoms with Crippen LogP contribution in [0.4, 0.5) is 0 Å². The SMILES string of the molecule is Cc1cccc(C(N)C2(N(C)C)CCC(C)CC2)c1C. The zero-order chi connectivity index (χ0) is 14.9. The molecular weight excluding hydrogens is 244 g/mol. The first-order chi connectivity index (χ1) is 9.38. The third kappa shape index (κ3) is 2.64. The van der Waals surface area contributed by atoms with E-state index < -0.39 is 0 Å².